The topological polar surface area (TPSA) is 66.9 Å². The van der Waals surface area contributed by atoms with Gasteiger partial charge in [0, 0.05) is 31.7 Å². The highest BCUT2D eigenvalue weighted by Crippen LogP contribution is 2.23. The van der Waals surface area contributed by atoms with Crippen LogP contribution in [0, 0.1) is 0 Å². The van der Waals surface area contributed by atoms with Crippen molar-refractivity contribution in [3.8, 4) is 0 Å². The van der Waals surface area contributed by atoms with Crippen molar-refractivity contribution in [1.82, 2.24) is 9.21 Å². The molecule has 27 heavy (non-hydrogen) atoms. The maximum atomic E-state index is 13.0. The molecule has 1 aliphatic heterocycles. The molecule has 0 atom stereocenters. The number of rotatable bonds is 5. The summed E-state index contributed by atoms with van der Waals surface area (Å²) in [5.74, 6) is -0.350. The van der Waals surface area contributed by atoms with Crippen LogP contribution in [0.5, 0.6) is 0 Å². The number of halogens is 1. The van der Waals surface area contributed by atoms with Gasteiger partial charge in [-0.25, -0.2) is 8.42 Å². The lowest BCUT2D eigenvalue weighted by Gasteiger charge is -2.27. The van der Waals surface area contributed by atoms with E-state index >= 15 is 0 Å². The van der Waals surface area contributed by atoms with Crippen LogP contribution in [0.15, 0.2) is 53.4 Å². The van der Waals surface area contributed by atoms with E-state index in [9.17, 15) is 13.2 Å². The molecule has 144 valence electrons. The average molecular weight is 409 g/mol. The van der Waals surface area contributed by atoms with Crippen LogP contribution in [0.4, 0.5) is 0 Å². The zero-order valence-corrected chi connectivity index (χ0v) is 16.5. The van der Waals surface area contributed by atoms with Crippen LogP contribution in [0.2, 0.25) is 5.02 Å². The van der Waals surface area contributed by atoms with Gasteiger partial charge in [-0.05, 0) is 29.8 Å². The number of sulfonamides is 1. The van der Waals surface area contributed by atoms with Crippen LogP contribution in [-0.2, 0) is 21.3 Å². The smallest absolute Gasteiger partial charge is 0.255 e. The molecule has 1 fully saturated rings. The molecule has 2 aromatic carbocycles. The van der Waals surface area contributed by atoms with E-state index in [1.807, 2.05) is 12.1 Å². The minimum atomic E-state index is -3.76. The van der Waals surface area contributed by atoms with Gasteiger partial charge < -0.3 is 9.64 Å². The molecule has 6 nitrogen and oxygen atoms in total. The maximum absolute atomic E-state index is 13.0. The Morgan fingerprint density at radius 2 is 1.74 bits per heavy atom. The molecule has 3 rings (SSSR count). The second-order valence-electron chi connectivity index (χ2n) is 6.30. The molecule has 1 aliphatic rings. The molecule has 8 heteroatoms. The Bertz CT molecular complexity index is 910. The van der Waals surface area contributed by atoms with Crippen LogP contribution in [0.3, 0.4) is 0 Å². The molecule has 0 bridgehead atoms. The van der Waals surface area contributed by atoms with Crippen molar-refractivity contribution >= 4 is 27.5 Å². The number of hydrogen-bond donors (Lipinski definition) is 0. The van der Waals surface area contributed by atoms with Crippen molar-refractivity contribution in [2.75, 3.05) is 33.4 Å². The quantitative estimate of drug-likeness (QED) is 0.762. The Morgan fingerprint density at radius 1 is 1.11 bits per heavy atom. The number of carbonyl (C=O) groups is 1. The predicted molar refractivity (Wildman–Crippen MR) is 103 cm³/mol. The highest BCUT2D eigenvalue weighted by atomic mass is 35.5. The number of carbonyl (C=O) groups excluding carboxylic acids is 1. The molecule has 1 heterocycles. The summed E-state index contributed by atoms with van der Waals surface area (Å²) in [5, 5.41) is 0.620. The van der Waals surface area contributed by atoms with E-state index in [4.69, 9.17) is 16.3 Å². The van der Waals surface area contributed by atoms with Crippen molar-refractivity contribution in [3.05, 3.63) is 64.7 Å². The number of nitrogens with zero attached hydrogens (tertiary/aromatic N) is 2. The summed E-state index contributed by atoms with van der Waals surface area (Å²) in [6.07, 6.45) is 0. The van der Waals surface area contributed by atoms with Crippen LogP contribution in [-0.4, -0.2) is 56.9 Å². The fourth-order valence-electron chi connectivity index (χ4n) is 2.94. The highest BCUT2D eigenvalue weighted by Gasteiger charge is 2.30. The van der Waals surface area contributed by atoms with Crippen LogP contribution in [0.1, 0.15) is 15.9 Å². The molecule has 1 amide bonds. The number of morpholine rings is 1. The van der Waals surface area contributed by atoms with Gasteiger partial charge in [0.25, 0.3) is 5.91 Å². The summed E-state index contributed by atoms with van der Waals surface area (Å²) in [6, 6.07) is 13.5. The summed E-state index contributed by atoms with van der Waals surface area (Å²) in [5.41, 5.74) is 1.07. The Balaban J connectivity index is 1.86. The molecule has 1 saturated heterocycles. The minimum Gasteiger partial charge on any atom is -0.379 e. The minimum absolute atomic E-state index is 0.0276. The largest absolute Gasteiger partial charge is 0.379 e. The summed E-state index contributed by atoms with van der Waals surface area (Å²) in [7, 11) is -2.11. The summed E-state index contributed by atoms with van der Waals surface area (Å²) >= 11 is 5.89. The molecular formula is C19H21ClN2O4S. The Labute approximate surface area is 164 Å². The molecule has 0 aromatic heterocycles. The first kappa shape index (κ1) is 19.8. The Hall–Kier alpha value is -1.93. The van der Waals surface area contributed by atoms with Crippen molar-refractivity contribution in [1.29, 1.82) is 0 Å². The first-order valence-electron chi connectivity index (χ1n) is 8.56. The zero-order valence-electron chi connectivity index (χ0n) is 15.0. The molecular weight excluding hydrogens is 388 g/mol. The van der Waals surface area contributed by atoms with E-state index < -0.39 is 10.0 Å². The predicted octanol–water partition coefficient (Wildman–Crippen LogP) is 2.63. The molecule has 0 radical (unpaired) electrons. The molecule has 0 aliphatic carbocycles. The van der Waals surface area contributed by atoms with Gasteiger partial charge in [0.1, 0.15) is 0 Å². The van der Waals surface area contributed by atoms with Crippen LogP contribution < -0.4 is 0 Å². The van der Waals surface area contributed by atoms with Crippen molar-refractivity contribution in [3.63, 3.8) is 0 Å². The van der Waals surface area contributed by atoms with Gasteiger partial charge in [0.15, 0.2) is 0 Å². The van der Waals surface area contributed by atoms with Crippen LogP contribution in [0.25, 0.3) is 0 Å². The zero-order chi connectivity index (χ0) is 19.4. The maximum Gasteiger partial charge on any atom is 0.255 e. The Morgan fingerprint density at radius 3 is 2.41 bits per heavy atom. The monoisotopic (exact) mass is 408 g/mol. The van der Waals surface area contributed by atoms with E-state index in [0.717, 1.165) is 5.56 Å². The van der Waals surface area contributed by atoms with E-state index in [2.05, 4.69) is 0 Å². The van der Waals surface area contributed by atoms with Crippen molar-refractivity contribution < 1.29 is 17.9 Å². The fourth-order valence-corrected chi connectivity index (χ4v) is 4.65. The summed E-state index contributed by atoms with van der Waals surface area (Å²) in [4.78, 5) is 14.5. The Kier molecular flexibility index (Phi) is 6.16. The van der Waals surface area contributed by atoms with E-state index in [-0.39, 0.29) is 29.5 Å². The molecule has 2 aromatic rings. The number of ether oxygens (including phenoxy) is 1. The lowest BCUT2D eigenvalue weighted by Crippen LogP contribution is -2.41. The molecule has 0 saturated carbocycles. The van der Waals surface area contributed by atoms with Gasteiger partial charge in [0.05, 0.1) is 23.7 Å². The first-order chi connectivity index (χ1) is 12.9. The molecule has 0 N–H and O–H groups in total. The second-order valence-corrected chi connectivity index (χ2v) is 8.64. The van der Waals surface area contributed by atoms with Gasteiger partial charge in [0.2, 0.25) is 10.0 Å². The molecule has 0 unspecified atom stereocenters. The number of amides is 1. The summed E-state index contributed by atoms with van der Waals surface area (Å²) in [6.45, 7) is 1.62. The highest BCUT2D eigenvalue weighted by molar-refractivity contribution is 7.89. The lowest BCUT2D eigenvalue weighted by atomic mass is 10.1. The SMILES string of the molecule is CN(Cc1ccc(Cl)cc1)C(=O)c1ccccc1S(=O)(=O)N1CCOCC1. The van der Waals surface area contributed by atoms with E-state index in [0.29, 0.717) is 24.8 Å². The standard InChI is InChI=1S/C19H21ClN2O4S/c1-21(14-15-6-8-16(20)9-7-15)19(23)17-4-2-3-5-18(17)27(24,25)22-10-12-26-13-11-22/h2-9H,10-14H2,1H3. The van der Waals surface area contributed by atoms with Crippen molar-refractivity contribution in [2.24, 2.45) is 0 Å². The molecule has 0 spiro atoms. The van der Waals surface area contributed by atoms with Crippen LogP contribution >= 0.6 is 11.6 Å². The van der Waals surface area contributed by atoms with Gasteiger partial charge in [-0.15, -0.1) is 0 Å². The van der Waals surface area contributed by atoms with E-state index in [1.54, 1.807) is 37.4 Å². The third kappa shape index (κ3) is 4.50. The average Bonchev–Trinajstić information content (AvgIpc) is 2.69. The van der Waals surface area contributed by atoms with Gasteiger partial charge >= 0.3 is 0 Å². The van der Waals surface area contributed by atoms with E-state index in [1.165, 1.54) is 15.3 Å². The first-order valence-corrected chi connectivity index (χ1v) is 10.4. The third-order valence-corrected chi connectivity index (χ3v) is 6.59. The number of benzene rings is 2. The van der Waals surface area contributed by atoms with Gasteiger partial charge in [-0.3, -0.25) is 4.79 Å². The normalized spacial score (nSPS) is 15.5. The van der Waals surface area contributed by atoms with Crippen molar-refractivity contribution in [2.45, 2.75) is 11.4 Å². The lowest BCUT2D eigenvalue weighted by molar-refractivity contribution is 0.0727. The fraction of sp³-hybridized carbons (Fsp3) is 0.316. The third-order valence-electron chi connectivity index (χ3n) is 4.39. The van der Waals surface area contributed by atoms with Gasteiger partial charge in [-0.1, -0.05) is 35.9 Å². The van der Waals surface area contributed by atoms with Gasteiger partial charge in [-0.2, -0.15) is 4.31 Å². The second kappa shape index (κ2) is 8.39. The number of hydrogen-bond acceptors (Lipinski definition) is 4. The summed E-state index contributed by atoms with van der Waals surface area (Å²) < 4.78 is 32.6.